The van der Waals surface area contributed by atoms with Gasteiger partial charge in [0.15, 0.2) is 0 Å². The van der Waals surface area contributed by atoms with E-state index in [1.807, 2.05) is 71.1 Å². The minimum atomic E-state index is -3.86. The number of ether oxygens (including phenoxy) is 2. The number of nitrogens with zero attached hydrogens (tertiary/aromatic N) is 5. The normalized spacial score (nSPS) is 16.7. The molecule has 0 unspecified atom stereocenters. The number of sulfonamides is 1. The monoisotopic (exact) mass is 645 g/mol. The number of aryl methyl sites for hydroxylation is 2. The SMILES string of the molecule is CCCn1cc(CO[C@H](c2ccc(C)c(CN3CC(C)(C)Oc4ccccc4S3(=O)=O)c2)C(C)(C)C(=O)Cc2cccnc2)nn1. The lowest BCUT2D eigenvalue weighted by Crippen LogP contribution is -2.42. The first-order valence-corrected chi connectivity index (χ1v) is 17.0. The van der Waals surface area contributed by atoms with E-state index < -0.39 is 27.1 Å². The number of carbonyl (C=O) groups excluding carboxylic acids is 1. The van der Waals surface area contributed by atoms with Crippen LogP contribution in [0, 0.1) is 12.3 Å². The van der Waals surface area contributed by atoms with Crippen molar-refractivity contribution in [2.75, 3.05) is 6.54 Å². The molecule has 0 saturated heterocycles. The lowest BCUT2D eigenvalue weighted by Gasteiger charge is -2.34. The van der Waals surface area contributed by atoms with Crippen LogP contribution in [-0.4, -0.2) is 50.6 Å². The van der Waals surface area contributed by atoms with Gasteiger partial charge in [0, 0.05) is 31.9 Å². The zero-order valence-corrected chi connectivity index (χ0v) is 28.3. The summed E-state index contributed by atoms with van der Waals surface area (Å²) in [6, 6.07) is 16.3. The fraction of sp³-hybridized carbons (Fsp3) is 0.429. The van der Waals surface area contributed by atoms with Crippen LogP contribution in [0.5, 0.6) is 5.75 Å². The third-order valence-electron chi connectivity index (χ3n) is 8.33. The number of ketones is 1. The number of benzene rings is 2. The maximum Gasteiger partial charge on any atom is 0.247 e. The second-order valence-corrected chi connectivity index (χ2v) is 15.0. The smallest absolute Gasteiger partial charge is 0.247 e. The second-order valence-electron chi connectivity index (χ2n) is 13.1. The van der Waals surface area contributed by atoms with Crippen molar-refractivity contribution in [1.82, 2.24) is 24.3 Å². The van der Waals surface area contributed by atoms with Crippen molar-refractivity contribution in [2.45, 2.75) is 90.7 Å². The highest BCUT2D eigenvalue weighted by molar-refractivity contribution is 7.89. The van der Waals surface area contributed by atoms with Crippen molar-refractivity contribution in [3.63, 3.8) is 0 Å². The highest BCUT2D eigenvalue weighted by atomic mass is 32.2. The van der Waals surface area contributed by atoms with E-state index in [0.29, 0.717) is 11.4 Å². The lowest BCUT2D eigenvalue weighted by molar-refractivity contribution is -0.137. The Balaban J connectivity index is 1.49. The average molecular weight is 646 g/mol. The molecule has 244 valence electrons. The van der Waals surface area contributed by atoms with Gasteiger partial charge in [0.05, 0.1) is 30.9 Å². The summed E-state index contributed by atoms with van der Waals surface area (Å²) in [6.45, 7) is 12.8. The van der Waals surface area contributed by atoms with Crippen LogP contribution in [0.4, 0.5) is 0 Å². The van der Waals surface area contributed by atoms with Gasteiger partial charge in [-0.1, -0.05) is 62.4 Å². The largest absolute Gasteiger partial charge is 0.485 e. The minimum Gasteiger partial charge on any atom is -0.485 e. The Morgan fingerprint density at radius 2 is 1.91 bits per heavy atom. The van der Waals surface area contributed by atoms with E-state index in [1.54, 1.807) is 41.3 Å². The van der Waals surface area contributed by atoms with Crippen molar-refractivity contribution >= 4 is 15.8 Å². The summed E-state index contributed by atoms with van der Waals surface area (Å²) >= 11 is 0. The fourth-order valence-electron chi connectivity index (χ4n) is 5.78. The maximum atomic E-state index is 13.9. The molecule has 0 aliphatic carbocycles. The zero-order chi connectivity index (χ0) is 33.1. The summed E-state index contributed by atoms with van der Waals surface area (Å²) in [5, 5.41) is 8.46. The predicted molar refractivity (Wildman–Crippen MR) is 174 cm³/mol. The Labute approximate surface area is 271 Å². The maximum absolute atomic E-state index is 13.9. The van der Waals surface area contributed by atoms with E-state index in [2.05, 4.69) is 22.2 Å². The van der Waals surface area contributed by atoms with Gasteiger partial charge < -0.3 is 9.47 Å². The first-order valence-electron chi connectivity index (χ1n) is 15.6. The van der Waals surface area contributed by atoms with Crippen LogP contribution in [-0.2, 0) is 45.7 Å². The van der Waals surface area contributed by atoms with Gasteiger partial charge in [-0.25, -0.2) is 8.42 Å². The topological polar surface area (TPSA) is 117 Å². The van der Waals surface area contributed by atoms with Crippen LogP contribution in [0.1, 0.15) is 75.1 Å². The van der Waals surface area contributed by atoms with Crippen LogP contribution in [0.2, 0.25) is 0 Å². The molecule has 2 aromatic heterocycles. The van der Waals surface area contributed by atoms with Crippen LogP contribution in [0.25, 0.3) is 0 Å². The van der Waals surface area contributed by atoms with Gasteiger partial charge >= 0.3 is 0 Å². The van der Waals surface area contributed by atoms with Crippen molar-refractivity contribution in [3.8, 4) is 5.75 Å². The summed E-state index contributed by atoms with van der Waals surface area (Å²) in [5.41, 5.74) is 2.29. The first kappa shape index (κ1) is 33.4. The Morgan fingerprint density at radius 3 is 2.65 bits per heavy atom. The predicted octanol–water partition coefficient (Wildman–Crippen LogP) is 5.85. The number of hydrogen-bond acceptors (Lipinski definition) is 8. The van der Waals surface area contributed by atoms with E-state index in [1.165, 1.54) is 4.31 Å². The van der Waals surface area contributed by atoms with E-state index in [-0.39, 0.29) is 36.8 Å². The highest BCUT2D eigenvalue weighted by Gasteiger charge is 2.40. The molecule has 1 aliphatic heterocycles. The molecule has 0 amide bonds. The number of pyridine rings is 1. The quantitative estimate of drug-likeness (QED) is 0.188. The number of hydrogen-bond donors (Lipinski definition) is 0. The summed E-state index contributed by atoms with van der Waals surface area (Å²) < 4.78 is 43.8. The molecular formula is C35H43N5O5S. The Kier molecular flexibility index (Phi) is 9.76. The molecule has 3 heterocycles. The molecule has 1 aliphatic rings. The van der Waals surface area contributed by atoms with Gasteiger partial charge in [-0.15, -0.1) is 5.10 Å². The number of rotatable bonds is 12. The Morgan fingerprint density at radius 1 is 1.13 bits per heavy atom. The molecule has 0 saturated carbocycles. The van der Waals surface area contributed by atoms with Gasteiger partial charge in [-0.3, -0.25) is 14.5 Å². The van der Waals surface area contributed by atoms with Crippen LogP contribution in [0.3, 0.4) is 0 Å². The third-order valence-corrected chi connectivity index (χ3v) is 10.2. The highest BCUT2D eigenvalue weighted by Crippen LogP contribution is 2.40. The van der Waals surface area contributed by atoms with Crippen molar-refractivity contribution < 1.29 is 22.7 Å². The molecule has 0 spiro atoms. The summed E-state index contributed by atoms with van der Waals surface area (Å²) in [4.78, 5) is 18.2. The molecule has 0 radical (unpaired) electrons. The van der Waals surface area contributed by atoms with Gasteiger partial charge in [-0.05, 0) is 67.6 Å². The van der Waals surface area contributed by atoms with E-state index in [9.17, 15) is 13.2 Å². The average Bonchev–Trinajstić information content (AvgIpc) is 3.43. The molecule has 10 nitrogen and oxygen atoms in total. The molecule has 5 rings (SSSR count). The second kappa shape index (κ2) is 13.4. The van der Waals surface area contributed by atoms with Crippen LogP contribution >= 0.6 is 0 Å². The van der Waals surface area contributed by atoms with Gasteiger partial charge in [0.1, 0.15) is 27.7 Å². The summed E-state index contributed by atoms with van der Waals surface area (Å²) in [6.07, 6.45) is 5.71. The van der Waals surface area contributed by atoms with Crippen molar-refractivity contribution in [2.24, 2.45) is 5.41 Å². The molecule has 0 bridgehead atoms. The number of carbonyl (C=O) groups is 1. The number of aromatic nitrogens is 4. The summed E-state index contributed by atoms with van der Waals surface area (Å²) in [5.74, 6) is 0.339. The first-order chi connectivity index (χ1) is 21.8. The molecule has 0 N–H and O–H groups in total. The fourth-order valence-corrected chi connectivity index (χ4v) is 7.46. The van der Waals surface area contributed by atoms with Crippen LogP contribution in [0.15, 0.2) is 78.1 Å². The standard InChI is InChI=1S/C35H43N5O5S/c1-7-17-39-22-29(37-38-39)23-44-33(35(5,6)32(41)18-26-11-10-16-36-20-26)27-15-14-25(2)28(19-27)21-40-24-34(3,4)45-30-12-8-9-13-31(30)46(40,42)43/h8-16,19-20,22,33H,7,17-18,21,23-24H2,1-6H3/t33-/m1/s1. The van der Waals surface area contributed by atoms with Crippen LogP contribution < -0.4 is 4.74 Å². The molecule has 1 atom stereocenters. The van der Waals surface area contributed by atoms with Gasteiger partial charge in [0.2, 0.25) is 10.0 Å². The number of fused-ring (bicyclic) bond motifs is 1. The number of Topliss-reactive ketones (excluding diaryl/α,β-unsaturated/α-hetero) is 1. The molecule has 46 heavy (non-hydrogen) atoms. The van der Waals surface area contributed by atoms with E-state index >= 15 is 0 Å². The lowest BCUT2D eigenvalue weighted by atomic mass is 9.76. The Bertz CT molecular complexity index is 1790. The number of para-hydroxylation sites is 1. The van der Waals surface area contributed by atoms with Crippen molar-refractivity contribution in [3.05, 3.63) is 101 Å². The third kappa shape index (κ3) is 7.37. The zero-order valence-electron chi connectivity index (χ0n) is 27.4. The molecule has 2 aromatic carbocycles. The van der Waals surface area contributed by atoms with Gasteiger partial charge in [-0.2, -0.15) is 4.31 Å². The molecule has 11 heteroatoms. The summed E-state index contributed by atoms with van der Waals surface area (Å²) in [7, 11) is -3.86. The van der Waals surface area contributed by atoms with Crippen molar-refractivity contribution in [1.29, 1.82) is 0 Å². The van der Waals surface area contributed by atoms with E-state index in [4.69, 9.17) is 9.47 Å². The minimum absolute atomic E-state index is 0.00661. The molecule has 0 fully saturated rings. The Hall–Kier alpha value is -3.93. The van der Waals surface area contributed by atoms with E-state index in [0.717, 1.165) is 35.2 Å². The molecular weight excluding hydrogens is 602 g/mol. The molecule has 4 aromatic rings. The van der Waals surface area contributed by atoms with Gasteiger partial charge in [0.25, 0.3) is 0 Å².